The zero-order valence-electron chi connectivity index (χ0n) is 24.5. The Morgan fingerprint density at radius 2 is 1.67 bits per heavy atom. The molecule has 8 rings (SSSR count). The average Bonchev–Trinajstić information content (AvgIpc) is 3.40. The number of likely N-dealkylation sites (N-methyl/N-ethyl adjacent to an activating group) is 1. The highest BCUT2D eigenvalue weighted by molar-refractivity contribution is 6.31. The Labute approximate surface area is 261 Å². The Bertz CT molecular complexity index is 1510. The van der Waals surface area contributed by atoms with Crippen molar-refractivity contribution in [1.29, 1.82) is 0 Å². The predicted octanol–water partition coefficient (Wildman–Crippen LogP) is 6.91. The number of ketones is 1. The lowest BCUT2D eigenvalue weighted by Crippen LogP contribution is -2.60. The summed E-state index contributed by atoms with van der Waals surface area (Å²) < 4.78 is 16.2. The molecular weight excluding hydrogens is 588 g/mol. The zero-order chi connectivity index (χ0) is 30.4. The molecule has 4 saturated carbocycles. The SMILES string of the molecule is CN1[C@@H](C(=O)CC23CCC(C(N)=O)(CC2)CC3)[C@H](c2cccc(Cl)c2F)[C@]2(C(=O)Nc3cc(Cl)ccc32)C12CCCCC2. The maximum absolute atomic E-state index is 16.2. The molecule has 4 aliphatic carbocycles. The quantitative estimate of drug-likeness (QED) is 0.378. The zero-order valence-corrected chi connectivity index (χ0v) is 26.0. The molecule has 6 aliphatic rings. The van der Waals surface area contributed by atoms with Crippen molar-refractivity contribution in [2.75, 3.05) is 12.4 Å². The smallest absolute Gasteiger partial charge is 0.237 e. The number of anilines is 1. The van der Waals surface area contributed by atoms with Crippen molar-refractivity contribution >= 4 is 46.5 Å². The van der Waals surface area contributed by atoms with Crippen LogP contribution in [0.2, 0.25) is 10.0 Å². The third-order valence-corrected chi connectivity index (χ3v) is 12.9. The molecule has 1 saturated heterocycles. The molecule has 9 heteroatoms. The molecule has 3 atom stereocenters. The van der Waals surface area contributed by atoms with Crippen LogP contribution in [0.15, 0.2) is 36.4 Å². The standard InChI is InChI=1S/C34H38Cl2FN3O3/c1-40-28(25(41)19-31-12-15-32(16-13-31,17-14-31)29(38)42)26(21-6-5-7-23(36)27(21)37)34(33(40)10-3-2-4-11-33)22-9-8-20(35)18-24(22)39-30(34)43/h5-9,18,26,28H,2-4,10-17,19H2,1H3,(H2,38,42)(H,39,43)/t26-,28-,31?,32?,34+/m0/s1. The Balaban J connectivity index is 1.40. The fourth-order valence-electron chi connectivity index (χ4n) is 10.2. The van der Waals surface area contributed by atoms with Crippen LogP contribution < -0.4 is 11.1 Å². The number of nitrogens with two attached hydrogens (primary N) is 1. The van der Waals surface area contributed by atoms with Gasteiger partial charge in [-0.1, -0.05) is 60.7 Å². The van der Waals surface area contributed by atoms with Gasteiger partial charge in [0.25, 0.3) is 0 Å². The molecule has 2 aliphatic heterocycles. The van der Waals surface area contributed by atoms with Crippen molar-refractivity contribution in [2.24, 2.45) is 16.6 Å². The van der Waals surface area contributed by atoms with Gasteiger partial charge in [0.05, 0.1) is 11.1 Å². The van der Waals surface area contributed by atoms with Gasteiger partial charge in [-0.25, -0.2) is 4.39 Å². The van der Waals surface area contributed by atoms with Gasteiger partial charge in [-0.2, -0.15) is 0 Å². The molecule has 0 radical (unpaired) electrons. The topological polar surface area (TPSA) is 92.5 Å². The highest BCUT2D eigenvalue weighted by atomic mass is 35.5. The van der Waals surface area contributed by atoms with E-state index in [1.807, 2.05) is 13.1 Å². The van der Waals surface area contributed by atoms with Crippen LogP contribution >= 0.6 is 23.2 Å². The summed E-state index contributed by atoms with van der Waals surface area (Å²) in [5.41, 5.74) is 4.92. The number of primary amides is 1. The molecule has 3 N–H and O–H groups in total. The van der Waals surface area contributed by atoms with Crippen LogP contribution in [0.25, 0.3) is 0 Å². The summed E-state index contributed by atoms with van der Waals surface area (Å²) in [6.45, 7) is 0. The van der Waals surface area contributed by atoms with E-state index in [9.17, 15) is 14.4 Å². The van der Waals surface area contributed by atoms with Crippen LogP contribution in [-0.4, -0.2) is 41.1 Å². The summed E-state index contributed by atoms with van der Waals surface area (Å²) in [4.78, 5) is 44.0. The summed E-state index contributed by atoms with van der Waals surface area (Å²) in [6.07, 6.45) is 9.04. The highest BCUT2D eigenvalue weighted by Crippen LogP contribution is 2.67. The van der Waals surface area contributed by atoms with E-state index in [4.69, 9.17) is 28.9 Å². The lowest BCUT2D eigenvalue weighted by Gasteiger charge is -2.52. The third kappa shape index (κ3) is 3.89. The Morgan fingerprint density at radius 1 is 1.00 bits per heavy atom. The molecule has 43 heavy (non-hydrogen) atoms. The number of Topliss-reactive ketones (excluding diaryl/α,β-unsaturated/α-hetero) is 1. The van der Waals surface area contributed by atoms with Crippen LogP contribution in [0.3, 0.4) is 0 Å². The van der Waals surface area contributed by atoms with E-state index in [-0.39, 0.29) is 28.0 Å². The number of carbonyl (C=O) groups excluding carboxylic acids is 3. The lowest BCUT2D eigenvalue weighted by atomic mass is 9.51. The van der Waals surface area contributed by atoms with Crippen molar-refractivity contribution < 1.29 is 18.8 Å². The molecule has 2 aromatic rings. The normalized spacial score (nSPS) is 34.5. The van der Waals surface area contributed by atoms with Gasteiger partial charge in [0, 0.05) is 34.0 Å². The molecule has 2 spiro atoms. The number of benzene rings is 2. The average molecular weight is 627 g/mol. The van der Waals surface area contributed by atoms with E-state index in [2.05, 4.69) is 10.2 Å². The van der Waals surface area contributed by atoms with Crippen molar-refractivity contribution in [3.05, 3.63) is 63.4 Å². The summed E-state index contributed by atoms with van der Waals surface area (Å²) >= 11 is 12.8. The molecule has 5 fully saturated rings. The summed E-state index contributed by atoms with van der Waals surface area (Å²) in [5, 5.41) is 3.59. The fourth-order valence-corrected chi connectivity index (χ4v) is 10.5. The number of likely N-dealkylation sites (tertiary alicyclic amines) is 1. The van der Waals surface area contributed by atoms with E-state index in [0.29, 0.717) is 54.8 Å². The number of amides is 2. The third-order valence-electron chi connectivity index (χ3n) is 12.4. The highest BCUT2D eigenvalue weighted by Gasteiger charge is 2.74. The van der Waals surface area contributed by atoms with Crippen molar-refractivity contribution in [2.45, 2.75) is 100.0 Å². The molecule has 2 amide bonds. The van der Waals surface area contributed by atoms with Gasteiger partial charge in [0.2, 0.25) is 11.8 Å². The molecule has 228 valence electrons. The number of carbonyl (C=O) groups is 3. The second kappa shape index (κ2) is 10.0. The van der Waals surface area contributed by atoms with E-state index < -0.39 is 34.1 Å². The van der Waals surface area contributed by atoms with Crippen LogP contribution in [-0.2, 0) is 19.8 Å². The van der Waals surface area contributed by atoms with Crippen molar-refractivity contribution in [1.82, 2.24) is 4.90 Å². The van der Waals surface area contributed by atoms with Crippen molar-refractivity contribution in [3.63, 3.8) is 0 Å². The van der Waals surface area contributed by atoms with Crippen LogP contribution in [0.5, 0.6) is 0 Å². The monoisotopic (exact) mass is 625 g/mol. The Hall–Kier alpha value is -2.48. The summed E-state index contributed by atoms with van der Waals surface area (Å²) in [6, 6.07) is 9.62. The van der Waals surface area contributed by atoms with Gasteiger partial charge in [0.15, 0.2) is 5.78 Å². The van der Waals surface area contributed by atoms with Gasteiger partial charge in [-0.05, 0) is 93.2 Å². The van der Waals surface area contributed by atoms with Gasteiger partial charge in [-0.15, -0.1) is 0 Å². The first-order valence-electron chi connectivity index (χ1n) is 15.6. The molecule has 2 heterocycles. The lowest BCUT2D eigenvalue weighted by molar-refractivity contribution is -0.140. The number of nitrogens with one attached hydrogen (secondary N) is 1. The predicted molar refractivity (Wildman–Crippen MR) is 165 cm³/mol. The van der Waals surface area contributed by atoms with Crippen LogP contribution in [0.4, 0.5) is 10.1 Å². The number of hydrogen-bond acceptors (Lipinski definition) is 4. The molecule has 0 unspecified atom stereocenters. The van der Waals surface area contributed by atoms with Crippen molar-refractivity contribution in [3.8, 4) is 0 Å². The summed E-state index contributed by atoms with van der Waals surface area (Å²) in [5.74, 6) is -1.79. The molecular formula is C34H38Cl2FN3O3. The molecule has 2 bridgehead atoms. The molecule has 2 aromatic carbocycles. The number of fused-ring (bicyclic) bond motifs is 6. The first kappa shape index (κ1) is 29.2. The van der Waals surface area contributed by atoms with Crippen LogP contribution in [0, 0.1) is 16.6 Å². The number of halogens is 3. The first-order chi connectivity index (χ1) is 20.5. The second-order valence-electron chi connectivity index (χ2n) is 14.0. The van der Waals surface area contributed by atoms with Gasteiger partial charge in [-0.3, -0.25) is 19.3 Å². The maximum atomic E-state index is 16.2. The molecule has 6 nitrogen and oxygen atoms in total. The molecule has 0 aromatic heterocycles. The van der Waals surface area contributed by atoms with Gasteiger partial charge < -0.3 is 11.1 Å². The number of nitrogens with zero attached hydrogens (tertiary/aromatic N) is 1. The van der Waals surface area contributed by atoms with E-state index in [1.54, 1.807) is 24.3 Å². The maximum Gasteiger partial charge on any atom is 0.237 e. The summed E-state index contributed by atoms with van der Waals surface area (Å²) in [7, 11) is 1.97. The number of hydrogen-bond donors (Lipinski definition) is 2. The minimum Gasteiger partial charge on any atom is -0.369 e. The number of rotatable bonds is 5. The Kier molecular flexibility index (Phi) is 6.81. The van der Waals surface area contributed by atoms with E-state index >= 15 is 4.39 Å². The Morgan fingerprint density at radius 3 is 2.33 bits per heavy atom. The first-order valence-corrected chi connectivity index (χ1v) is 16.4. The van der Waals surface area contributed by atoms with E-state index in [0.717, 1.165) is 44.1 Å². The minimum atomic E-state index is -1.22. The second-order valence-corrected chi connectivity index (χ2v) is 14.9. The fraction of sp³-hybridized carbons (Fsp3) is 0.559. The van der Waals surface area contributed by atoms with Crippen LogP contribution in [0.1, 0.15) is 94.1 Å². The van der Waals surface area contributed by atoms with E-state index in [1.165, 1.54) is 6.07 Å². The van der Waals surface area contributed by atoms with Gasteiger partial charge >= 0.3 is 0 Å². The minimum absolute atomic E-state index is 0.0254. The van der Waals surface area contributed by atoms with Gasteiger partial charge in [0.1, 0.15) is 11.2 Å². The largest absolute Gasteiger partial charge is 0.369 e.